The number of hydrogen-bond donors (Lipinski definition) is 1. The molecule has 10 heteroatoms. The van der Waals surface area contributed by atoms with Crippen molar-refractivity contribution in [1.82, 2.24) is 10.2 Å². The molecule has 1 amide bonds. The normalized spacial score (nSPS) is 27.4. The predicted molar refractivity (Wildman–Crippen MR) is 121 cm³/mol. The Kier molecular flexibility index (Phi) is 6.89. The first kappa shape index (κ1) is 26.5. The third-order valence-corrected chi connectivity index (χ3v) is 7.49. The van der Waals surface area contributed by atoms with Crippen LogP contribution in [-0.4, -0.2) is 36.0 Å². The Hall–Kier alpha value is -2.59. The molecule has 2 saturated heterocycles. The van der Waals surface area contributed by atoms with Gasteiger partial charge in [0.15, 0.2) is 0 Å². The van der Waals surface area contributed by atoms with Crippen LogP contribution < -0.4 is 5.32 Å². The molecule has 2 heterocycles. The number of alkyl halides is 6. The highest BCUT2D eigenvalue weighted by molar-refractivity contribution is 5.80. The fourth-order valence-electron chi connectivity index (χ4n) is 5.29. The number of carbonyl (C=O) groups excluding carboxylic acids is 1. The van der Waals surface area contributed by atoms with Gasteiger partial charge in [0.2, 0.25) is 5.91 Å². The first-order valence-electron chi connectivity index (χ1n) is 11.8. The van der Waals surface area contributed by atoms with E-state index in [9.17, 15) is 31.1 Å². The molecule has 4 nitrogen and oxygen atoms in total. The second-order valence-electron chi connectivity index (χ2n) is 9.73. The first-order chi connectivity index (χ1) is 16.8. The van der Waals surface area contributed by atoms with E-state index in [0.29, 0.717) is 31.5 Å². The van der Waals surface area contributed by atoms with Crippen LogP contribution in [0, 0.1) is 0 Å². The fraction of sp³-hybridized carbons (Fsp3) is 0.500. The van der Waals surface area contributed by atoms with Gasteiger partial charge in [-0.2, -0.15) is 26.3 Å². The highest BCUT2D eigenvalue weighted by Gasteiger charge is 2.52. The molecular formula is C26H28F6N2O2. The molecule has 0 saturated carbocycles. The summed E-state index contributed by atoms with van der Waals surface area (Å²) in [6, 6.07) is 10.9. The van der Waals surface area contributed by atoms with Gasteiger partial charge in [0.25, 0.3) is 0 Å². The van der Waals surface area contributed by atoms with Crippen molar-refractivity contribution in [2.45, 2.75) is 62.6 Å². The van der Waals surface area contributed by atoms with Crippen LogP contribution in [-0.2, 0) is 27.4 Å². The van der Waals surface area contributed by atoms with Crippen LogP contribution in [0.1, 0.15) is 61.5 Å². The Morgan fingerprint density at radius 1 is 1.00 bits per heavy atom. The van der Waals surface area contributed by atoms with Crippen molar-refractivity contribution in [2.75, 3.05) is 19.7 Å². The summed E-state index contributed by atoms with van der Waals surface area (Å²) in [6.45, 7) is 4.14. The van der Waals surface area contributed by atoms with Gasteiger partial charge in [-0.05, 0) is 55.5 Å². The number of nitrogens with one attached hydrogen (secondary N) is 1. The molecule has 2 aliphatic rings. The summed E-state index contributed by atoms with van der Waals surface area (Å²) >= 11 is 0. The van der Waals surface area contributed by atoms with Gasteiger partial charge >= 0.3 is 12.4 Å². The number of benzene rings is 2. The van der Waals surface area contributed by atoms with E-state index < -0.39 is 35.1 Å². The third-order valence-electron chi connectivity index (χ3n) is 7.49. The van der Waals surface area contributed by atoms with Crippen molar-refractivity contribution in [3.8, 4) is 0 Å². The Morgan fingerprint density at radius 2 is 1.61 bits per heavy atom. The number of halogens is 6. The lowest BCUT2D eigenvalue weighted by Crippen LogP contribution is -2.71. The molecule has 2 aliphatic heterocycles. The average Bonchev–Trinajstić information content (AvgIpc) is 2.82. The molecule has 2 aromatic rings. The van der Waals surface area contributed by atoms with Crippen LogP contribution >= 0.6 is 0 Å². The van der Waals surface area contributed by atoms with Gasteiger partial charge in [-0.25, -0.2) is 0 Å². The Bertz CT molecular complexity index is 1070. The van der Waals surface area contributed by atoms with E-state index in [1.807, 2.05) is 42.2 Å². The maximum Gasteiger partial charge on any atom is 0.416 e. The van der Waals surface area contributed by atoms with Crippen LogP contribution in [0.3, 0.4) is 0 Å². The van der Waals surface area contributed by atoms with Crippen molar-refractivity contribution < 1.29 is 35.9 Å². The number of ether oxygens (including phenoxy) is 1. The van der Waals surface area contributed by atoms with Crippen molar-refractivity contribution in [2.24, 2.45) is 0 Å². The van der Waals surface area contributed by atoms with E-state index in [1.165, 1.54) is 6.92 Å². The standard InChI is InChI=1S/C26H28F6N2O2/c1-3-23-9-10-24(19-7-5-4-6-8-19,34(15-23)14-22(35)33-23)16-36-17(2)18-11-20(25(27,28)29)13-21(12-18)26(30,31)32/h4-8,11-13,17H,3,9-10,14-16H2,1-2H3,(H,33,35)/t17-,23-,24-/m1/s1. The minimum atomic E-state index is -4.94. The Morgan fingerprint density at radius 3 is 2.17 bits per heavy atom. The van der Waals surface area contributed by atoms with Crippen molar-refractivity contribution >= 4 is 5.91 Å². The minimum absolute atomic E-state index is 0.00283. The maximum absolute atomic E-state index is 13.4. The van der Waals surface area contributed by atoms with Crippen LogP contribution in [0.5, 0.6) is 0 Å². The minimum Gasteiger partial charge on any atom is -0.372 e. The summed E-state index contributed by atoms with van der Waals surface area (Å²) in [5.74, 6) is -0.121. The number of carbonyl (C=O) groups is 1. The fourth-order valence-corrected chi connectivity index (χ4v) is 5.29. The van der Waals surface area contributed by atoms with Crippen LogP contribution in [0.15, 0.2) is 48.5 Å². The van der Waals surface area contributed by atoms with E-state index in [2.05, 4.69) is 5.32 Å². The van der Waals surface area contributed by atoms with Crippen LogP contribution in [0.2, 0.25) is 0 Å². The largest absolute Gasteiger partial charge is 0.416 e. The van der Waals surface area contributed by atoms with Gasteiger partial charge in [-0.3, -0.25) is 9.69 Å². The zero-order valence-electron chi connectivity index (χ0n) is 20.0. The molecule has 4 atom stereocenters. The van der Waals surface area contributed by atoms with Crippen LogP contribution in [0.4, 0.5) is 26.3 Å². The third kappa shape index (κ3) is 5.11. The summed E-state index contributed by atoms with van der Waals surface area (Å²) in [7, 11) is 0. The lowest BCUT2D eigenvalue weighted by Gasteiger charge is -2.57. The Balaban J connectivity index is 1.67. The quantitative estimate of drug-likeness (QED) is 0.476. The highest BCUT2D eigenvalue weighted by atomic mass is 19.4. The molecular weight excluding hydrogens is 486 g/mol. The van der Waals surface area contributed by atoms with Crippen molar-refractivity contribution in [3.05, 3.63) is 70.8 Å². The molecule has 0 radical (unpaired) electrons. The molecule has 196 valence electrons. The van der Waals surface area contributed by atoms with E-state index in [0.717, 1.165) is 12.0 Å². The molecule has 4 rings (SSSR count). The Labute approximate surface area is 205 Å². The SMILES string of the molecule is CC[C@]12CC[C@@](CO[C@H](C)c3cc(C(F)(F)F)cc(C(F)(F)F)c3)(c3ccccc3)N(CC(=O)N1)C2. The van der Waals surface area contributed by atoms with E-state index in [1.54, 1.807) is 0 Å². The predicted octanol–water partition coefficient (Wildman–Crippen LogP) is 6.07. The van der Waals surface area contributed by atoms with Crippen molar-refractivity contribution in [3.63, 3.8) is 0 Å². The summed E-state index contributed by atoms with van der Waals surface area (Å²) in [4.78, 5) is 14.6. The van der Waals surface area contributed by atoms with Crippen molar-refractivity contribution in [1.29, 1.82) is 0 Å². The van der Waals surface area contributed by atoms with Gasteiger partial charge in [-0.1, -0.05) is 37.3 Å². The molecule has 2 aromatic carbocycles. The van der Waals surface area contributed by atoms with Gasteiger partial charge in [0.05, 0.1) is 41.5 Å². The zero-order chi connectivity index (χ0) is 26.4. The molecule has 2 bridgehead atoms. The van der Waals surface area contributed by atoms with Crippen LogP contribution in [0.25, 0.3) is 0 Å². The number of piperazine rings is 1. The molecule has 1 unspecified atom stereocenters. The smallest absolute Gasteiger partial charge is 0.372 e. The molecule has 2 fully saturated rings. The zero-order valence-corrected chi connectivity index (χ0v) is 20.0. The number of hydrogen-bond acceptors (Lipinski definition) is 3. The van der Waals surface area contributed by atoms with Gasteiger partial charge in [0, 0.05) is 6.54 Å². The average molecular weight is 515 g/mol. The lowest BCUT2D eigenvalue weighted by molar-refractivity contribution is -0.144. The molecule has 0 aromatic heterocycles. The second kappa shape index (κ2) is 9.37. The number of rotatable bonds is 6. The maximum atomic E-state index is 13.4. The summed E-state index contributed by atoms with van der Waals surface area (Å²) in [6.07, 6.45) is -8.91. The molecule has 1 N–H and O–H groups in total. The second-order valence-corrected chi connectivity index (χ2v) is 9.73. The number of fused-ring (bicyclic) bond motifs is 2. The number of piperidine rings is 1. The summed E-state index contributed by atoms with van der Waals surface area (Å²) < 4.78 is 86.2. The van der Waals surface area contributed by atoms with E-state index >= 15 is 0 Å². The lowest BCUT2D eigenvalue weighted by atomic mass is 9.72. The van der Waals surface area contributed by atoms with Gasteiger partial charge in [0.1, 0.15) is 0 Å². The molecule has 36 heavy (non-hydrogen) atoms. The number of nitrogens with zero attached hydrogens (tertiary/aromatic N) is 1. The number of amides is 1. The topological polar surface area (TPSA) is 41.6 Å². The molecule has 0 aliphatic carbocycles. The molecule has 0 spiro atoms. The first-order valence-corrected chi connectivity index (χ1v) is 11.8. The van der Waals surface area contributed by atoms with E-state index in [4.69, 9.17) is 4.74 Å². The van der Waals surface area contributed by atoms with Gasteiger partial charge < -0.3 is 10.1 Å². The monoisotopic (exact) mass is 514 g/mol. The highest BCUT2D eigenvalue weighted by Crippen LogP contribution is 2.45. The van der Waals surface area contributed by atoms with Gasteiger partial charge in [-0.15, -0.1) is 0 Å². The van der Waals surface area contributed by atoms with E-state index in [-0.39, 0.29) is 36.2 Å². The summed E-state index contributed by atoms with van der Waals surface area (Å²) in [5, 5.41) is 3.10. The summed E-state index contributed by atoms with van der Waals surface area (Å²) in [5.41, 5.74) is -3.20.